The van der Waals surface area contributed by atoms with Crippen molar-refractivity contribution in [3.63, 3.8) is 0 Å². The van der Waals surface area contributed by atoms with Crippen LogP contribution in [0.5, 0.6) is 11.5 Å². The molecule has 0 aromatic heterocycles. The van der Waals surface area contributed by atoms with Crippen LogP contribution in [0, 0.1) is 11.3 Å². The minimum atomic E-state index is -0.262. The molecule has 0 saturated heterocycles. The number of hydrogen-bond acceptors (Lipinski definition) is 6. The van der Waals surface area contributed by atoms with Crippen molar-refractivity contribution in [3.8, 4) is 17.6 Å². The van der Waals surface area contributed by atoms with Gasteiger partial charge >= 0.3 is 0 Å². The van der Waals surface area contributed by atoms with Gasteiger partial charge in [0.1, 0.15) is 28.9 Å². The molecule has 2 N–H and O–H groups in total. The molecule has 2 aromatic carbocycles. The summed E-state index contributed by atoms with van der Waals surface area (Å²) in [6.07, 6.45) is 2.13. The van der Waals surface area contributed by atoms with E-state index in [9.17, 15) is 5.26 Å². The maximum absolute atomic E-state index is 9.96. The number of hydrogen-bond donors (Lipinski definition) is 1. The van der Waals surface area contributed by atoms with Gasteiger partial charge in [0.05, 0.1) is 19.1 Å². The van der Waals surface area contributed by atoms with Gasteiger partial charge in [0.25, 0.3) is 0 Å². The summed E-state index contributed by atoms with van der Waals surface area (Å²) in [7, 11) is 0. The molecule has 6 heteroatoms. The van der Waals surface area contributed by atoms with Gasteiger partial charge in [-0.2, -0.15) is 5.26 Å². The average molecular weight is 458 g/mol. The third-order valence-electron chi connectivity index (χ3n) is 6.11. The molecular formula is C28H31N3O3. The Balaban J connectivity index is 1.78. The van der Waals surface area contributed by atoms with E-state index in [-0.39, 0.29) is 11.8 Å². The molecule has 2 heterocycles. The van der Waals surface area contributed by atoms with Crippen molar-refractivity contribution < 1.29 is 14.2 Å². The fraction of sp³-hybridized carbons (Fsp3) is 0.321. The lowest BCUT2D eigenvalue weighted by atomic mass is 9.80. The summed E-state index contributed by atoms with van der Waals surface area (Å²) in [6, 6.07) is 18.2. The number of rotatable bonds is 7. The molecule has 1 atom stereocenters. The van der Waals surface area contributed by atoms with Gasteiger partial charge < -0.3 is 19.9 Å². The number of ether oxygens (including phenoxy) is 3. The fourth-order valence-corrected chi connectivity index (χ4v) is 4.50. The maximum atomic E-state index is 9.96. The van der Waals surface area contributed by atoms with E-state index >= 15 is 0 Å². The van der Waals surface area contributed by atoms with Crippen molar-refractivity contribution in [2.24, 2.45) is 5.73 Å². The van der Waals surface area contributed by atoms with Gasteiger partial charge in [0.2, 0.25) is 5.88 Å². The summed E-state index contributed by atoms with van der Waals surface area (Å²) in [4.78, 5) is 2.35. The Morgan fingerprint density at radius 1 is 1.00 bits per heavy atom. The Hall–Kier alpha value is -3.69. The largest absolute Gasteiger partial charge is 0.494 e. The van der Waals surface area contributed by atoms with E-state index < -0.39 is 0 Å². The Kier molecular flexibility index (Phi) is 7.24. The van der Waals surface area contributed by atoms with E-state index in [1.54, 1.807) is 0 Å². The van der Waals surface area contributed by atoms with Gasteiger partial charge in [-0.3, -0.25) is 4.90 Å². The van der Waals surface area contributed by atoms with Crippen LogP contribution in [0.4, 0.5) is 0 Å². The Morgan fingerprint density at radius 3 is 2.18 bits per heavy atom. The third kappa shape index (κ3) is 4.80. The second-order valence-electron chi connectivity index (χ2n) is 8.26. The summed E-state index contributed by atoms with van der Waals surface area (Å²) in [5.41, 5.74) is 10.9. The SMILES string of the molecule is CCOc1ccc(/C=C2\CN(CC)CC3=C2OC(N)=C(C#N)C3c2ccc(OCC)cc2)cc1. The van der Waals surface area contributed by atoms with Crippen molar-refractivity contribution in [2.45, 2.75) is 26.7 Å². The van der Waals surface area contributed by atoms with Crippen molar-refractivity contribution in [3.05, 3.63) is 88.0 Å². The first-order chi connectivity index (χ1) is 16.6. The maximum Gasteiger partial charge on any atom is 0.205 e. The zero-order valence-electron chi connectivity index (χ0n) is 20.0. The molecule has 0 aliphatic carbocycles. The Bertz CT molecular complexity index is 1150. The van der Waals surface area contributed by atoms with Crippen molar-refractivity contribution in [1.29, 1.82) is 5.26 Å². The van der Waals surface area contributed by atoms with Crippen LogP contribution in [0.1, 0.15) is 37.8 Å². The molecule has 0 amide bonds. The Morgan fingerprint density at radius 2 is 1.62 bits per heavy atom. The number of benzene rings is 2. The molecule has 0 bridgehead atoms. The molecule has 0 radical (unpaired) electrons. The molecule has 0 saturated carbocycles. The van der Waals surface area contributed by atoms with E-state index in [1.165, 1.54) is 0 Å². The van der Waals surface area contributed by atoms with E-state index in [4.69, 9.17) is 19.9 Å². The standard InChI is InChI=1S/C28H31N3O3/c1-4-31-17-21(15-19-7-11-22(12-8-19)32-5-2)27-25(18-31)26(24(16-29)28(30)34-27)20-9-13-23(14-10-20)33-6-3/h7-15,26H,4-6,17-18,30H2,1-3H3/b21-15+. The van der Waals surface area contributed by atoms with Crippen LogP contribution in [0.2, 0.25) is 0 Å². The van der Waals surface area contributed by atoms with E-state index in [0.29, 0.717) is 25.3 Å². The molecule has 0 fully saturated rings. The first kappa shape index (κ1) is 23.5. The monoisotopic (exact) mass is 457 g/mol. The lowest BCUT2D eigenvalue weighted by molar-refractivity contribution is 0.239. The first-order valence-electron chi connectivity index (χ1n) is 11.8. The van der Waals surface area contributed by atoms with Crippen LogP contribution in [-0.2, 0) is 4.74 Å². The normalized spacial score (nSPS) is 19.5. The molecule has 1 unspecified atom stereocenters. The summed E-state index contributed by atoms with van der Waals surface area (Å²) < 4.78 is 17.3. The molecule has 34 heavy (non-hydrogen) atoms. The lowest BCUT2D eigenvalue weighted by Crippen LogP contribution is -2.38. The number of nitrogens with two attached hydrogens (primary N) is 1. The lowest BCUT2D eigenvalue weighted by Gasteiger charge is -2.38. The second kappa shape index (κ2) is 10.5. The highest BCUT2D eigenvalue weighted by molar-refractivity contribution is 5.63. The molecule has 2 aliphatic rings. The van der Waals surface area contributed by atoms with Crippen LogP contribution in [-0.4, -0.2) is 37.7 Å². The number of nitrogens with zero attached hydrogens (tertiary/aromatic N) is 2. The predicted molar refractivity (Wildman–Crippen MR) is 133 cm³/mol. The van der Waals surface area contributed by atoms with Crippen LogP contribution < -0.4 is 15.2 Å². The molecular weight excluding hydrogens is 426 g/mol. The summed E-state index contributed by atoms with van der Waals surface area (Å²) >= 11 is 0. The van der Waals surface area contributed by atoms with Gasteiger partial charge in [-0.1, -0.05) is 31.2 Å². The molecule has 176 valence electrons. The minimum Gasteiger partial charge on any atom is -0.494 e. The summed E-state index contributed by atoms with van der Waals surface area (Å²) in [6.45, 7) is 9.65. The zero-order valence-corrected chi connectivity index (χ0v) is 20.0. The topological polar surface area (TPSA) is 80.7 Å². The van der Waals surface area contributed by atoms with Gasteiger partial charge in [-0.15, -0.1) is 0 Å². The zero-order chi connectivity index (χ0) is 24.1. The first-order valence-corrected chi connectivity index (χ1v) is 11.8. The Labute approximate surface area is 201 Å². The molecule has 6 nitrogen and oxygen atoms in total. The number of nitriles is 1. The third-order valence-corrected chi connectivity index (χ3v) is 6.11. The van der Waals surface area contributed by atoms with Crippen molar-refractivity contribution in [2.75, 3.05) is 32.8 Å². The van der Waals surface area contributed by atoms with Crippen LogP contribution in [0.25, 0.3) is 6.08 Å². The van der Waals surface area contributed by atoms with Crippen LogP contribution in [0.3, 0.4) is 0 Å². The highest BCUT2D eigenvalue weighted by Crippen LogP contribution is 2.44. The number of likely N-dealkylation sites (N-methyl/N-ethyl adjacent to an activating group) is 1. The van der Waals surface area contributed by atoms with E-state index in [1.807, 2.05) is 62.4 Å². The highest BCUT2D eigenvalue weighted by Gasteiger charge is 2.37. The van der Waals surface area contributed by atoms with Gasteiger partial charge in [-0.25, -0.2) is 0 Å². The summed E-state index contributed by atoms with van der Waals surface area (Å²) in [5.74, 6) is 2.33. The van der Waals surface area contributed by atoms with Crippen LogP contribution in [0.15, 0.2) is 76.9 Å². The van der Waals surface area contributed by atoms with E-state index in [0.717, 1.165) is 52.6 Å². The molecule has 0 spiro atoms. The fourth-order valence-electron chi connectivity index (χ4n) is 4.50. The smallest absolute Gasteiger partial charge is 0.205 e. The van der Waals surface area contributed by atoms with Gasteiger partial charge in [0.15, 0.2) is 0 Å². The van der Waals surface area contributed by atoms with Crippen molar-refractivity contribution >= 4 is 6.08 Å². The van der Waals surface area contributed by atoms with Crippen molar-refractivity contribution in [1.82, 2.24) is 4.90 Å². The molecule has 4 rings (SSSR count). The van der Waals surface area contributed by atoms with Crippen LogP contribution >= 0.6 is 0 Å². The minimum absolute atomic E-state index is 0.169. The van der Waals surface area contributed by atoms with E-state index in [2.05, 4.69) is 24.0 Å². The predicted octanol–water partition coefficient (Wildman–Crippen LogP) is 4.96. The van der Waals surface area contributed by atoms with Gasteiger partial charge in [-0.05, 0) is 67.4 Å². The second-order valence-corrected chi connectivity index (χ2v) is 8.26. The average Bonchev–Trinajstić information content (AvgIpc) is 2.85. The molecule has 2 aliphatic heterocycles. The summed E-state index contributed by atoms with van der Waals surface area (Å²) in [5, 5.41) is 9.96. The quantitative estimate of drug-likeness (QED) is 0.633. The number of allylic oxidation sites excluding steroid dienone is 1. The highest BCUT2D eigenvalue weighted by atomic mass is 16.5. The van der Waals surface area contributed by atoms with Gasteiger partial charge in [0, 0.05) is 18.7 Å². The molecule has 2 aromatic rings.